The molecule has 27 heavy (non-hydrogen) atoms. The molecule has 0 bridgehead atoms. The van der Waals surface area contributed by atoms with Crippen molar-refractivity contribution in [3.8, 4) is 17.0 Å². The molecule has 140 valence electrons. The molecule has 1 N–H and O–H groups in total. The number of halogens is 2. The van der Waals surface area contributed by atoms with E-state index < -0.39 is 17.4 Å². The Labute approximate surface area is 156 Å². The molecule has 2 heterocycles. The van der Waals surface area contributed by atoms with Crippen LogP contribution in [-0.2, 0) is 0 Å². The minimum atomic E-state index is -0.988. The number of phenolic OH excluding ortho intramolecular Hbond substituents is 1. The Hall–Kier alpha value is -2.73. The molecule has 1 aliphatic heterocycles. The van der Waals surface area contributed by atoms with Crippen LogP contribution in [0.4, 0.5) is 14.6 Å². The monoisotopic (exact) mass is 369 g/mol. The molecule has 0 radical (unpaired) electrons. The minimum absolute atomic E-state index is 0.307. The Morgan fingerprint density at radius 3 is 2.33 bits per heavy atom. The smallest absolute Gasteiger partial charge is 0.187 e. The van der Waals surface area contributed by atoms with Gasteiger partial charge >= 0.3 is 0 Å². The summed E-state index contributed by atoms with van der Waals surface area (Å²) in [5.74, 6) is -2.11. The number of hydrogen-bond acceptors (Lipinski definition) is 4. The Balaban J connectivity index is 1.82. The predicted molar refractivity (Wildman–Crippen MR) is 103 cm³/mol. The van der Waals surface area contributed by atoms with Crippen LogP contribution < -0.4 is 4.90 Å². The van der Waals surface area contributed by atoms with Gasteiger partial charge in [-0.25, -0.2) is 13.8 Å². The molecule has 0 spiro atoms. The maximum atomic E-state index is 13.8. The fourth-order valence-electron chi connectivity index (χ4n) is 3.56. The van der Waals surface area contributed by atoms with Crippen LogP contribution in [0.3, 0.4) is 0 Å². The number of piperazine rings is 1. The maximum absolute atomic E-state index is 13.8. The number of phenols is 1. The van der Waals surface area contributed by atoms with Gasteiger partial charge in [0.05, 0.1) is 5.69 Å². The molecule has 0 atom stereocenters. The van der Waals surface area contributed by atoms with Crippen LogP contribution in [-0.4, -0.2) is 47.7 Å². The lowest BCUT2D eigenvalue weighted by molar-refractivity contribution is 0.271. The summed E-state index contributed by atoms with van der Waals surface area (Å²) in [7, 11) is 0. The second kappa shape index (κ2) is 7.12. The van der Waals surface area contributed by atoms with Crippen LogP contribution in [0.15, 0.2) is 42.5 Å². The normalized spacial score (nSPS) is 15.4. The summed E-state index contributed by atoms with van der Waals surface area (Å²) in [4.78, 5) is 9.36. The first kappa shape index (κ1) is 17.7. The quantitative estimate of drug-likeness (QED) is 0.757. The van der Waals surface area contributed by atoms with Gasteiger partial charge < -0.3 is 14.9 Å². The molecule has 1 saturated heterocycles. The number of likely N-dealkylation sites (N-methyl/N-ethyl adjacent to an activating group) is 1. The van der Waals surface area contributed by atoms with E-state index in [-0.39, 0.29) is 0 Å². The molecule has 6 heteroatoms. The summed E-state index contributed by atoms with van der Waals surface area (Å²) in [5, 5.41) is 11.4. The molecule has 0 amide bonds. The largest absolute Gasteiger partial charge is 0.503 e. The molecule has 0 unspecified atom stereocenters. The topological polar surface area (TPSA) is 39.6 Å². The maximum Gasteiger partial charge on any atom is 0.187 e. The Morgan fingerprint density at radius 1 is 1.00 bits per heavy atom. The summed E-state index contributed by atoms with van der Waals surface area (Å²) >= 11 is 0. The van der Waals surface area contributed by atoms with Crippen LogP contribution in [0.2, 0.25) is 0 Å². The number of rotatable bonds is 3. The third kappa shape index (κ3) is 3.32. The summed E-state index contributed by atoms with van der Waals surface area (Å²) in [6.07, 6.45) is 0. The fraction of sp³-hybridized carbons (Fsp3) is 0.286. The summed E-state index contributed by atoms with van der Waals surface area (Å²) in [5.41, 5.74) is 0.793. The fourth-order valence-corrected chi connectivity index (χ4v) is 3.56. The summed E-state index contributed by atoms with van der Waals surface area (Å²) in [6.45, 7) is 6.80. The molecule has 2 aromatic carbocycles. The third-order valence-corrected chi connectivity index (χ3v) is 5.15. The standard InChI is InChI=1S/C21H21F2N3O/c1-2-25-7-9-26(10-8-25)21-16-6-4-3-5-14(16)13-19(24-21)15-11-17(22)20(27)18(23)12-15/h3-6,11-13,27H,2,7-10H2,1H3. The average Bonchev–Trinajstić information content (AvgIpc) is 2.71. The van der Waals surface area contributed by atoms with E-state index in [0.29, 0.717) is 11.3 Å². The highest BCUT2D eigenvalue weighted by Gasteiger charge is 2.20. The van der Waals surface area contributed by atoms with Gasteiger partial charge in [-0.1, -0.05) is 31.2 Å². The molecular formula is C21H21F2N3O. The Morgan fingerprint density at radius 2 is 1.67 bits per heavy atom. The first-order valence-corrected chi connectivity index (χ1v) is 9.12. The van der Waals surface area contributed by atoms with Gasteiger partial charge in [-0.2, -0.15) is 0 Å². The van der Waals surface area contributed by atoms with E-state index in [1.54, 1.807) is 0 Å². The molecule has 4 rings (SSSR count). The first-order chi connectivity index (χ1) is 13.1. The average molecular weight is 369 g/mol. The summed E-state index contributed by atoms with van der Waals surface area (Å²) in [6, 6.07) is 12.0. The lowest BCUT2D eigenvalue weighted by Crippen LogP contribution is -2.46. The molecule has 1 aromatic heterocycles. The van der Waals surface area contributed by atoms with Gasteiger partial charge in [-0.15, -0.1) is 0 Å². The molecule has 3 aromatic rings. The van der Waals surface area contributed by atoms with Gasteiger partial charge in [-0.05, 0) is 30.1 Å². The van der Waals surface area contributed by atoms with Gasteiger partial charge in [0.15, 0.2) is 17.4 Å². The number of hydrogen-bond donors (Lipinski definition) is 1. The number of fused-ring (bicyclic) bond motifs is 1. The first-order valence-electron chi connectivity index (χ1n) is 9.12. The van der Waals surface area contributed by atoms with Crippen molar-refractivity contribution in [1.29, 1.82) is 0 Å². The van der Waals surface area contributed by atoms with Crippen molar-refractivity contribution in [2.75, 3.05) is 37.6 Å². The van der Waals surface area contributed by atoms with Gasteiger partial charge in [0, 0.05) is 37.1 Å². The highest BCUT2D eigenvalue weighted by molar-refractivity contribution is 5.95. The zero-order valence-corrected chi connectivity index (χ0v) is 15.1. The second-order valence-corrected chi connectivity index (χ2v) is 6.76. The van der Waals surface area contributed by atoms with Crippen LogP contribution in [0, 0.1) is 11.6 Å². The summed E-state index contributed by atoms with van der Waals surface area (Å²) < 4.78 is 27.7. The molecule has 1 aliphatic rings. The highest BCUT2D eigenvalue weighted by Crippen LogP contribution is 2.33. The SMILES string of the molecule is CCN1CCN(c2nc(-c3cc(F)c(O)c(F)c3)cc3ccccc23)CC1. The molecular weight excluding hydrogens is 348 g/mol. The van der Waals surface area contributed by atoms with Gasteiger partial charge in [0.2, 0.25) is 0 Å². The van der Waals surface area contributed by atoms with E-state index in [1.165, 1.54) is 0 Å². The second-order valence-electron chi connectivity index (χ2n) is 6.76. The van der Waals surface area contributed by atoms with Crippen molar-refractivity contribution < 1.29 is 13.9 Å². The molecule has 0 aliphatic carbocycles. The van der Waals surface area contributed by atoms with E-state index in [9.17, 15) is 13.9 Å². The number of pyridine rings is 1. The Bertz CT molecular complexity index is 961. The van der Waals surface area contributed by atoms with E-state index in [0.717, 1.165) is 61.4 Å². The van der Waals surface area contributed by atoms with E-state index in [2.05, 4.69) is 16.7 Å². The van der Waals surface area contributed by atoms with E-state index >= 15 is 0 Å². The van der Waals surface area contributed by atoms with Crippen LogP contribution in [0.25, 0.3) is 22.0 Å². The van der Waals surface area contributed by atoms with Gasteiger partial charge in [-0.3, -0.25) is 0 Å². The Kier molecular flexibility index (Phi) is 4.66. The van der Waals surface area contributed by atoms with Gasteiger partial charge in [0.25, 0.3) is 0 Å². The van der Waals surface area contributed by atoms with Crippen LogP contribution in [0.5, 0.6) is 5.75 Å². The lowest BCUT2D eigenvalue weighted by Gasteiger charge is -2.35. The molecule has 1 fully saturated rings. The van der Waals surface area contributed by atoms with Crippen molar-refractivity contribution in [1.82, 2.24) is 9.88 Å². The van der Waals surface area contributed by atoms with E-state index in [4.69, 9.17) is 4.98 Å². The predicted octanol–water partition coefficient (Wildman–Crippen LogP) is 4.03. The van der Waals surface area contributed by atoms with Crippen molar-refractivity contribution in [3.05, 3.63) is 54.1 Å². The number of anilines is 1. The van der Waals surface area contributed by atoms with Crippen LogP contribution >= 0.6 is 0 Å². The molecule has 4 nitrogen and oxygen atoms in total. The minimum Gasteiger partial charge on any atom is -0.503 e. The zero-order chi connectivity index (χ0) is 19.0. The third-order valence-electron chi connectivity index (χ3n) is 5.15. The van der Waals surface area contributed by atoms with Gasteiger partial charge in [0.1, 0.15) is 5.82 Å². The van der Waals surface area contributed by atoms with Crippen molar-refractivity contribution >= 4 is 16.6 Å². The molecule has 0 saturated carbocycles. The van der Waals surface area contributed by atoms with Crippen LogP contribution in [0.1, 0.15) is 6.92 Å². The number of benzene rings is 2. The van der Waals surface area contributed by atoms with Crippen molar-refractivity contribution in [2.24, 2.45) is 0 Å². The van der Waals surface area contributed by atoms with E-state index in [1.807, 2.05) is 30.3 Å². The number of aromatic nitrogens is 1. The van der Waals surface area contributed by atoms with Crippen molar-refractivity contribution in [3.63, 3.8) is 0 Å². The number of nitrogens with zero attached hydrogens (tertiary/aromatic N) is 3. The zero-order valence-electron chi connectivity index (χ0n) is 15.1. The number of aromatic hydroxyl groups is 1. The van der Waals surface area contributed by atoms with Crippen molar-refractivity contribution in [2.45, 2.75) is 6.92 Å². The highest BCUT2D eigenvalue weighted by atomic mass is 19.1. The lowest BCUT2D eigenvalue weighted by atomic mass is 10.1.